The van der Waals surface area contributed by atoms with Gasteiger partial charge in [-0.25, -0.2) is 14.6 Å². The average Bonchev–Trinajstić information content (AvgIpc) is 3.09. The van der Waals surface area contributed by atoms with Crippen LogP contribution in [0.15, 0.2) is 46.6 Å². The number of aromatic carboxylic acids is 1. The lowest BCUT2D eigenvalue weighted by Crippen LogP contribution is -2.11. The molecule has 118 valence electrons. The van der Waals surface area contributed by atoms with Gasteiger partial charge in [0.25, 0.3) is 11.2 Å². The van der Waals surface area contributed by atoms with Crippen LogP contribution in [0.2, 0.25) is 0 Å². The minimum Gasteiger partial charge on any atom is -0.478 e. The van der Waals surface area contributed by atoms with Crippen LogP contribution >= 0.6 is 11.3 Å². The Morgan fingerprint density at radius 2 is 2.04 bits per heavy atom. The second kappa shape index (κ2) is 6.36. The van der Waals surface area contributed by atoms with Gasteiger partial charge >= 0.3 is 5.97 Å². The van der Waals surface area contributed by atoms with Gasteiger partial charge in [0.15, 0.2) is 0 Å². The van der Waals surface area contributed by atoms with Crippen molar-refractivity contribution in [1.29, 1.82) is 0 Å². The molecule has 0 atom stereocenters. The molecular formula is C16H10N4O3S. The SMILES string of the molecule is [C-]#[N+]c1c(-c2cccs2)nc(Nc2ccc(C(=O)O)cc2)[nH]c1=O. The van der Waals surface area contributed by atoms with E-state index in [0.717, 1.165) is 4.88 Å². The summed E-state index contributed by atoms with van der Waals surface area (Å²) >= 11 is 1.38. The van der Waals surface area contributed by atoms with E-state index in [1.807, 2.05) is 11.4 Å². The van der Waals surface area contributed by atoms with E-state index < -0.39 is 11.5 Å². The first kappa shape index (κ1) is 15.5. The Balaban J connectivity index is 1.99. The van der Waals surface area contributed by atoms with Crippen molar-refractivity contribution >= 4 is 34.6 Å². The van der Waals surface area contributed by atoms with Gasteiger partial charge in [0.1, 0.15) is 0 Å². The van der Waals surface area contributed by atoms with E-state index in [4.69, 9.17) is 11.7 Å². The molecule has 3 rings (SSSR count). The molecule has 2 heterocycles. The minimum atomic E-state index is -1.02. The number of aromatic amines is 1. The fraction of sp³-hybridized carbons (Fsp3) is 0. The van der Waals surface area contributed by atoms with Gasteiger partial charge < -0.3 is 15.4 Å². The van der Waals surface area contributed by atoms with Crippen LogP contribution in [0.1, 0.15) is 10.4 Å². The molecule has 0 saturated heterocycles. The lowest BCUT2D eigenvalue weighted by Gasteiger charge is -2.08. The third-order valence-corrected chi connectivity index (χ3v) is 4.03. The second-order valence-corrected chi connectivity index (χ2v) is 5.66. The number of hydrogen-bond donors (Lipinski definition) is 3. The molecule has 0 spiro atoms. The summed E-state index contributed by atoms with van der Waals surface area (Å²) in [6.45, 7) is 7.18. The van der Waals surface area contributed by atoms with Crippen LogP contribution < -0.4 is 10.9 Å². The molecule has 0 aliphatic carbocycles. The summed E-state index contributed by atoms with van der Waals surface area (Å²) in [6, 6.07) is 9.61. The van der Waals surface area contributed by atoms with E-state index in [1.54, 1.807) is 18.2 Å². The fourth-order valence-electron chi connectivity index (χ4n) is 2.05. The highest BCUT2D eigenvalue weighted by molar-refractivity contribution is 7.13. The van der Waals surface area contributed by atoms with Crippen molar-refractivity contribution in [2.45, 2.75) is 0 Å². The highest BCUT2D eigenvalue weighted by Gasteiger charge is 2.14. The molecule has 1 aromatic carbocycles. The van der Waals surface area contributed by atoms with Crippen molar-refractivity contribution in [3.63, 3.8) is 0 Å². The number of rotatable bonds is 4. The molecule has 7 nitrogen and oxygen atoms in total. The predicted octanol–water partition coefficient (Wildman–Crippen LogP) is 3.49. The summed E-state index contributed by atoms with van der Waals surface area (Å²) in [5.41, 5.74) is 0.436. The minimum absolute atomic E-state index is 0.0655. The number of thiophene rings is 1. The topological polar surface area (TPSA) is 99.4 Å². The van der Waals surface area contributed by atoms with Crippen LogP contribution in [-0.4, -0.2) is 21.0 Å². The van der Waals surface area contributed by atoms with Gasteiger partial charge in [-0.1, -0.05) is 6.07 Å². The lowest BCUT2D eigenvalue weighted by atomic mass is 10.2. The van der Waals surface area contributed by atoms with Crippen LogP contribution in [-0.2, 0) is 0 Å². The Labute approximate surface area is 140 Å². The van der Waals surface area contributed by atoms with Crippen molar-refractivity contribution in [3.8, 4) is 10.6 Å². The van der Waals surface area contributed by atoms with E-state index in [1.165, 1.54) is 23.5 Å². The Kier molecular flexibility index (Phi) is 4.09. The molecular weight excluding hydrogens is 328 g/mol. The first-order valence-electron chi connectivity index (χ1n) is 6.74. The maximum atomic E-state index is 12.1. The van der Waals surface area contributed by atoms with E-state index >= 15 is 0 Å². The normalized spacial score (nSPS) is 10.1. The number of nitrogens with one attached hydrogen (secondary N) is 2. The van der Waals surface area contributed by atoms with Crippen molar-refractivity contribution in [1.82, 2.24) is 9.97 Å². The highest BCUT2D eigenvalue weighted by atomic mass is 32.1. The summed E-state index contributed by atoms with van der Waals surface area (Å²) < 4.78 is 0. The molecule has 0 radical (unpaired) electrons. The quantitative estimate of drug-likeness (QED) is 0.632. The summed E-state index contributed by atoms with van der Waals surface area (Å²) in [5, 5.41) is 13.6. The smallest absolute Gasteiger partial charge is 0.335 e. The Morgan fingerprint density at radius 1 is 1.29 bits per heavy atom. The molecule has 3 N–H and O–H groups in total. The number of carboxylic acid groups (broad SMARTS) is 1. The zero-order chi connectivity index (χ0) is 17.1. The maximum absolute atomic E-state index is 12.1. The highest BCUT2D eigenvalue weighted by Crippen LogP contribution is 2.30. The number of benzene rings is 1. The molecule has 24 heavy (non-hydrogen) atoms. The number of nitrogens with zero attached hydrogens (tertiary/aromatic N) is 2. The van der Waals surface area contributed by atoms with Gasteiger partial charge in [-0.2, -0.15) is 0 Å². The van der Waals surface area contributed by atoms with Crippen molar-refractivity contribution in [2.75, 3.05) is 5.32 Å². The van der Waals surface area contributed by atoms with E-state index in [2.05, 4.69) is 20.1 Å². The van der Waals surface area contributed by atoms with Gasteiger partial charge in [0, 0.05) is 10.6 Å². The van der Waals surface area contributed by atoms with E-state index in [0.29, 0.717) is 11.4 Å². The number of carboxylic acids is 1. The third-order valence-electron chi connectivity index (χ3n) is 3.16. The Bertz CT molecular complexity index is 986. The molecule has 0 amide bonds. The lowest BCUT2D eigenvalue weighted by molar-refractivity contribution is 0.0697. The maximum Gasteiger partial charge on any atom is 0.335 e. The summed E-state index contributed by atoms with van der Waals surface area (Å²) in [6.07, 6.45) is 0. The number of carbonyl (C=O) groups is 1. The molecule has 3 aromatic rings. The van der Waals surface area contributed by atoms with Crippen molar-refractivity contribution in [2.24, 2.45) is 0 Å². The van der Waals surface area contributed by atoms with Gasteiger partial charge in [0.05, 0.1) is 17.8 Å². The molecule has 0 aliphatic rings. The van der Waals surface area contributed by atoms with Gasteiger partial charge in [-0.05, 0) is 35.7 Å². The predicted molar refractivity (Wildman–Crippen MR) is 91.1 cm³/mol. The average molecular weight is 338 g/mol. The molecule has 0 unspecified atom stereocenters. The van der Waals surface area contributed by atoms with Gasteiger partial charge in [-0.15, -0.1) is 11.3 Å². The van der Waals surface area contributed by atoms with E-state index in [-0.39, 0.29) is 17.2 Å². The van der Waals surface area contributed by atoms with Crippen LogP contribution in [0.5, 0.6) is 0 Å². The standard InChI is InChI=1S/C16H10N4O3S/c1-17-13-12(11-3-2-8-24-11)19-16(20-14(13)21)18-10-6-4-9(5-7-10)15(22)23/h2-8H,(H,22,23)(H2,18,19,20,21). The number of anilines is 2. The van der Waals surface area contributed by atoms with Crippen molar-refractivity contribution in [3.05, 3.63) is 69.1 Å². The zero-order valence-corrected chi connectivity index (χ0v) is 12.9. The fourth-order valence-corrected chi connectivity index (χ4v) is 2.76. The Hall–Kier alpha value is -3.44. The summed E-state index contributed by atoms with van der Waals surface area (Å²) in [5.74, 6) is -0.839. The summed E-state index contributed by atoms with van der Waals surface area (Å²) in [4.78, 5) is 33.8. The monoisotopic (exact) mass is 338 g/mol. The largest absolute Gasteiger partial charge is 0.478 e. The molecule has 2 aromatic heterocycles. The molecule has 0 aliphatic heterocycles. The van der Waals surface area contributed by atoms with Crippen molar-refractivity contribution < 1.29 is 9.90 Å². The number of hydrogen-bond acceptors (Lipinski definition) is 5. The number of H-pyrrole nitrogens is 1. The molecule has 0 fully saturated rings. The third kappa shape index (κ3) is 3.02. The first-order valence-corrected chi connectivity index (χ1v) is 7.62. The first-order chi connectivity index (χ1) is 11.6. The van der Waals surface area contributed by atoms with E-state index in [9.17, 15) is 9.59 Å². The zero-order valence-electron chi connectivity index (χ0n) is 12.1. The van der Waals surface area contributed by atoms with Gasteiger partial charge in [0.2, 0.25) is 5.95 Å². The Morgan fingerprint density at radius 3 is 2.62 bits per heavy atom. The molecule has 0 saturated carbocycles. The summed E-state index contributed by atoms with van der Waals surface area (Å²) in [7, 11) is 0. The second-order valence-electron chi connectivity index (χ2n) is 4.71. The molecule has 8 heteroatoms. The number of aromatic nitrogens is 2. The van der Waals surface area contributed by atoms with Crippen LogP contribution in [0.3, 0.4) is 0 Å². The molecule has 0 bridgehead atoms. The van der Waals surface area contributed by atoms with Crippen LogP contribution in [0.4, 0.5) is 17.3 Å². The van der Waals surface area contributed by atoms with Crippen LogP contribution in [0.25, 0.3) is 15.4 Å². The van der Waals surface area contributed by atoms with Crippen LogP contribution in [0, 0.1) is 6.57 Å². The van der Waals surface area contributed by atoms with Gasteiger partial charge in [-0.3, -0.25) is 4.79 Å².